The first-order chi connectivity index (χ1) is 12.0. The highest BCUT2D eigenvalue weighted by Gasteiger charge is 2.18. The average molecular weight is 362 g/mol. The van der Waals surface area contributed by atoms with Gasteiger partial charge in [0, 0.05) is 50.0 Å². The lowest BCUT2D eigenvalue weighted by Crippen LogP contribution is -2.48. The normalized spacial score (nSPS) is 15.4. The van der Waals surface area contributed by atoms with Gasteiger partial charge in [-0.15, -0.1) is 0 Å². The van der Waals surface area contributed by atoms with E-state index in [1.54, 1.807) is 6.07 Å². The van der Waals surface area contributed by atoms with Crippen molar-refractivity contribution in [2.75, 3.05) is 44.2 Å². The third-order valence-corrected chi connectivity index (χ3v) is 4.82. The van der Waals surface area contributed by atoms with Crippen LogP contribution in [0, 0.1) is 13.8 Å². The minimum atomic E-state index is -0.0610. The van der Waals surface area contributed by atoms with Crippen LogP contribution >= 0.6 is 11.6 Å². The van der Waals surface area contributed by atoms with Gasteiger partial charge in [0.2, 0.25) is 0 Å². The zero-order chi connectivity index (χ0) is 17.8. The van der Waals surface area contributed by atoms with Crippen LogP contribution in [-0.2, 0) is 0 Å². The van der Waals surface area contributed by atoms with Gasteiger partial charge >= 0.3 is 0 Å². The second-order valence-electron chi connectivity index (χ2n) is 6.39. The molecule has 1 amide bonds. The fourth-order valence-corrected chi connectivity index (χ4v) is 3.29. The van der Waals surface area contributed by atoms with Crippen molar-refractivity contribution in [2.24, 2.45) is 0 Å². The standard InChI is InChI=1S/C19H24ClN3O2/c1-14-13-18(15(2)25-14)19(24)21-7-8-22-9-11-23(12-10-22)17-5-3-16(20)4-6-17/h3-6,13H,7-12H2,1-2H3,(H,21,24). The summed E-state index contributed by atoms with van der Waals surface area (Å²) in [6.45, 7) is 9.11. The SMILES string of the molecule is Cc1cc(C(=O)NCCN2CCN(c3ccc(Cl)cc3)CC2)c(C)o1. The van der Waals surface area contributed by atoms with Gasteiger partial charge < -0.3 is 14.6 Å². The van der Waals surface area contributed by atoms with Crippen LogP contribution in [0.1, 0.15) is 21.9 Å². The summed E-state index contributed by atoms with van der Waals surface area (Å²) in [4.78, 5) is 16.9. The number of rotatable bonds is 5. The van der Waals surface area contributed by atoms with Crippen molar-refractivity contribution < 1.29 is 9.21 Å². The first kappa shape index (κ1) is 17.8. The molecule has 1 aliphatic rings. The maximum Gasteiger partial charge on any atom is 0.254 e. The first-order valence-corrected chi connectivity index (χ1v) is 8.99. The number of carbonyl (C=O) groups is 1. The van der Waals surface area contributed by atoms with Gasteiger partial charge in [-0.2, -0.15) is 0 Å². The van der Waals surface area contributed by atoms with Gasteiger partial charge in [-0.05, 0) is 44.2 Å². The Bertz CT molecular complexity index is 719. The van der Waals surface area contributed by atoms with Gasteiger partial charge in [0.25, 0.3) is 5.91 Å². The molecule has 0 aliphatic carbocycles. The lowest BCUT2D eigenvalue weighted by molar-refractivity contribution is 0.0946. The molecule has 134 valence electrons. The molecular weight excluding hydrogens is 338 g/mol. The van der Waals surface area contributed by atoms with E-state index in [-0.39, 0.29) is 5.91 Å². The molecule has 0 saturated carbocycles. The Labute approximate surface area is 153 Å². The van der Waals surface area contributed by atoms with E-state index >= 15 is 0 Å². The van der Waals surface area contributed by atoms with Gasteiger partial charge in [0.05, 0.1) is 5.56 Å². The van der Waals surface area contributed by atoms with Crippen LogP contribution in [0.5, 0.6) is 0 Å². The zero-order valence-corrected chi connectivity index (χ0v) is 15.5. The van der Waals surface area contributed by atoms with E-state index in [0.29, 0.717) is 17.9 Å². The van der Waals surface area contributed by atoms with E-state index in [9.17, 15) is 4.79 Å². The topological polar surface area (TPSA) is 48.7 Å². The van der Waals surface area contributed by atoms with Crippen molar-refractivity contribution >= 4 is 23.2 Å². The van der Waals surface area contributed by atoms with Gasteiger partial charge in [-0.1, -0.05) is 11.6 Å². The molecule has 0 unspecified atom stereocenters. The van der Waals surface area contributed by atoms with Gasteiger partial charge in [0.1, 0.15) is 11.5 Å². The van der Waals surface area contributed by atoms with Gasteiger partial charge in [-0.25, -0.2) is 0 Å². The fourth-order valence-electron chi connectivity index (χ4n) is 3.16. The second-order valence-corrected chi connectivity index (χ2v) is 6.82. The lowest BCUT2D eigenvalue weighted by atomic mass is 10.2. The molecule has 1 aromatic carbocycles. The molecule has 1 aromatic heterocycles. The molecule has 1 fully saturated rings. The van der Waals surface area contributed by atoms with E-state index in [4.69, 9.17) is 16.0 Å². The zero-order valence-electron chi connectivity index (χ0n) is 14.7. The summed E-state index contributed by atoms with van der Waals surface area (Å²) in [5, 5.41) is 3.75. The van der Waals surface area contributed by atoms with Crippen molar-refractivity contribution in [3.8, 4) is 0 Å². The van der Waals surface area contributed by atoms with Crippen molar-refractivity contribution in [2.45, 2.75) is 13.8 Å². The maximum absolute atomic E-state index is 12.2. The van der Waals surface area contributed by atoms with Crippen LogP contribution in [0.3, 0.4) is 0 Å². The number of hydrogen-bond donors (Lipinski definition) is 1. The Balaban J connectivity index is 1.41. The third-order valence-electron chi connectivity index (χ3n) is 4.56. The van der Waals surface area contributed by atoms with E-state index in [0.717, 1.165) is 43.5 Å². The molecule has 0 atom stereocenters. The van der Waals surface area contributed by atoms with E-state index in [2.05, 4.69) is 27.2 Å². The predicted octanol–water partition coefficient (Wildman–Crippen LogP) is 3.10. The average Bonchev–Trinajstić information content (AvgIpc) is 2.95. The smallest absolute Gasteiger partial charge is 0.254 e. The summed E-state index contributed by atoms with van der Waals surface area (Å²) in [5.74, 6) is 1.38. The Morgan fingerprint density at radius 3 is 2.44 bits per heavy atom. The third kappa shape index (κ3) is 4.55. The summed E-state index contributed by atoms with van der Waals surface area (Å²) in [6.07, 6.45) is 0. The second kappa shape index (κ2) is 7.93. The summed E-state index contributed by atoms with van der Waals surface area (Å²) in [7, 11) is 0. The van der Waals surface area contributed by atoms with E-state index in [1.807, 2.05) is 26.0 Å². The number of amides is 1. The lowest BCUT2D eigenvalue weighted by Gasteiger charge is -2.36. The van der Waals surface area contributed by atoms with Gasteiger partial charge in [-0.3, -0.25) is 9.69 Å². The molecular formula is C19H24ClN3O2. The van der Waals surface area contributed by atoms with Crippen LogP contribution in [0.25, 0.3) is 0 Å². The van der Waals surface area contributed by atoms with Crippen molar-refractivity contribution in [3.63, 3.8) is 0 Å². The highest BCUT2D eigenvalue weighted by molar-refractivity contribution is 6.30. The van der Waals surface area contributed by atoms with Crippen LogP contribution in [0.2, 0.25) is 5.02 Å². The van der Waals surface area contributed by atoms with Crippen LogP contribution in [0.4, 0.5) is 5.69 Å². The van der Waals surface area contributed by atoms with Gasteiger partial charge in [0.15, 0.2) is 0 Å². The number of furan rings is 1. The first-order valence-electron chi connectivity index (χ1n) is 8.61. The number of nitrogens with one attached hydrogen (secondary N) is 1. The molecule has 0 radical (unpaired) electrons. The van der Waals surface area contributed by atoms with E-state index < -0.39 is 0 Å². The van der Waals surface area contributed by atoms with Crippen molar-refractivity contribution in [1.29, 1.82) is 0 Å². The number of nitrogens with zero attached hydrogens (tertiary/aromatic N) is 2. The Morgan fingerprint density at radius 2 is 1.84 bits per heavy atom. The Morgan fingerprint density at radius 1 is 1.16 bits per heavy atom. The molecule has 1 N–H and O–H groups in total. The summed E-state index contributed by atoms with van der Waals surface area (Å²) < 4.78 is 5.41. The summed E-state index contributed by atoms with van der Waals surface area (Å²) >= 11 is 5.94. The Hall–Kier alpha value is -1.98. The Kier molecular flexibility index (Phi) is 5.66. The van der Waals surface area contributed by atoms with Crippen LogP contribution < -0.4 is 10.2 Å². The highest BCUT2D eigenvalue weighted by Crippen LogP contribution is 2.19. The fraction of sp³-hybridized carbons (Fsp3) is 0.421. The number of benzene rings is 1. The molecule has 2 heterocycles. The quantitative estimate of drug-likeness (QED) is 0.889. The molecule has 25 heavy (non-hydrogen) atoms. The largest absolute Gasteiger partial charge is 0.466 e. The molecule has 2 aromatic rings. The number of anilines is 1. The molecule has 0 bridgehead atoms. The number of aryl methyl sites for hydroxylation is 2. The maximum atomic E-state index is 12.2. The number of piperazine rings is 1. The molecule has 3 rings (SSSR count). The minimum Gasteiger partial charge on any atom is -0.466 e. The molecule has 6 heteroatoms. The number of hydrogen-bond acceptors (Lipinski definition) is 4. The molecule has 1 saturated heterocycles. The molecule has 5 nitrogen and oxygen atoms in total. The van der Waals surface area contributed by atoms with Crippen molar-refractivity contribution in [1.82, 2.24) is 10.2 Å². The molecule has 1 aliphatic heterocycles. The number of carbonyl (C=O) groups excluding carboxylic acids is 1. The monoisotopic (exact) mass is 361 g/mol. The summed E-state index contributed by atoms with van der Waals surface area (Å²) in [6, 6.07) is 9.77. The minimum absolute atomic E-state index is 0.0610. The predicted molar refractivity (Wildman–Crippen MR) is 101 cm³/mol. The van der Waals surface area contributed by atoms with Crippen molar-refractivity contribution in [3.05, 3.63) is 52.4 Å². The van der Waals surface area contributed by atoms with Crippen LogP contribution in [-0.4, -0.2) is 50.1 Å². The number of halogens is 1. The molecule has 0 spiro atoms. The van der Waals surface area contributed by atoms with E-state index in [1.165, 1.54) is 5.69 Å². The summed E-state index contributed by atoms with van der Waals surface area (Å²) in [5.41, 5.74) is 1.84. The highest BCUT2D eigenvalue weighted by atomic mass is 35.5. The van der Waals surface area contributed by atoms with Crippen LogP contribution in [0.15, 0.2) is 34.7 Å².